The zero-order valence-electron chi connectivity index (χ0n) is 31.4. The minimum atomic E-state index is -1.74. The van der Waals surface area contributed by atoms with Crippen molar-refractivity contribution >= 4 is 5.78 Å². The number of Topliss-reactive ketones (excluding diaryl/α,β-unsaturated/α-hetero) is 1. The van der Waals surface area contributed by atoms with Crippen molar-refractivity contribution in [3.8, 4) is 0 Å². The second kappa shape index (κ2) is 14.2. The van der Waals surface area contributed by atoms with Gasteiger partial charge in [0.05, 0.1) is 32.0 Å². The summed E-state index contributed by atoms with van der Waals surface area (Å²) in [6.07, 6.45) is -7.55. The average Bonchev–Trinajstić information content (AvgIpc) is 3.59. The van der Waals surface area contributed by atoms with Crippen molar-refractivity contribution in [1.29, 1.82) is 0 Å². The fourth-order valence-corrected chi connectivity index (χ4v) is 12.9. The van der Waals surface area contributed by atoms with Crippen LogP contribution in [0.1, 0.15) is 85.5 Å². The van der Waals surface area contributed by atoms with Crippen molar-refractivity contribution in [2.75, 3.05) is 19.8 Å². The highest BCUT2D eigenvalue weighted by molar-refractivity contribution is 5.87. The Labute approximate surface area is 311 Å². The molecule has 4 saturated heterocycles. The second-order valence-corrected chi connectivity index (χ2v) is 18.6. The standard InChI is InChI=1S/C39H62O14/c1-17-7-10-39(48-16-17)18(2)28-24(53-39)12-23-21-6-5-19-11-20(8-9-37(19,3)22(21)13-27(42)38(23,28)4)49-36-34(32(46)30(44)26(15-41)51-36)52-35-33(47)31(45)29(43)25(14-40)50-35/h17-26,28-36,40-41,43-47H,5-16H2,1-4H3. The first-order chi connectivity index (χ1) is 25.2. The molecule has 4 aliphatic carbocycles. The van der Waals surface area contributed by atoms with Gasteiger partial charge in [-0.1, -0.05) is 27.7 Å². The molecule has 0 radical (unpaired) electrons. The number of ketones is 1. The van der Waals surface area contributed by atoms with Crippen molar-refractivity contribution in [3.63, 3.8) is 0 Å². The number of rotatable bonds is 6. The molecule has 4 heterocycles. The molecule has 14 nitrogen and oxygen atoms in total. The first kappa shape index (κ1) is 39.0. The predicted octanol–water partition coefficient (Wildman–Crippen LogP) is 0.621. The lowest BCUT2D eigenvalue weighted by molar-refractivity contribution is -0.373. The van der Waals surface area contributed by atoms with E-state index in [9.17, 15) is 40.5 Å². The maximum Gasteiger partial charge on any atom is 0.187 e. The van der Waals surface area contributed by atoms with Crippen LogP contribution < -0.4 is 0 Å². The molecule has 14 heteroatoms. The van der Waals surface area contributed by atoms with Gasteiger partial charge in [0.15, 0.2) is 18.4 Å². The van der Waals surface area contributed by atoms with E-state index in [0.29, 0.717) is 43.5 Å². The quantitative estimate of drug-likeness (QED) is 0.185. The Morgan fingerprint density at radius 1 is 0.774 bits per heavy atom. The number of carbonyl (C=O) groups is 1. The molecule has 7 N–H and O–H groups in total. The number of hydrogen-bond donors (Lipinski definition) is 7. The van der Waals surface area contributed by atoms with Crippen LogP contribution in [-0.2, 0) is 33.2 Å². The molecule has 302 valence electrons. The van der Waals surface area contributed by atoms with Gasteiger partial charge in [-0.2, -0.15) is 0 Å². The van der Waals surface area contributed by atoms with E-state index in [0.717, 1.165) is 38.5 Å². The van der Waals surface area contributed by atoms with Gasteiger partial charge in [0.2, 0.25) is 0 Å². The van der Waals surface area contributed by atoms with E-state index >= 15 is 0 Å². The number of aliphatic hydroxyl groups excluding tert-OH is 7. The van der Waals surface area contributed by atoms with Crippen LogP contribution in [0.2, 0.25) is 0 Å². The lowest BCUT2D eigenvalue weighted by Gasteiger charge is -2.60. The molecule has 1 spiro atoms. The van der Waals surface area contributed by atoms with Gasteiger partial charge >= 0.3 is 0 Å². The van der Waals surface area contributed by atoms with Crippen LogP contribution in [0, 0.1) is 52.3 Å². The zero-order chi connectivity index (χ0) is 37.8. The average molecular weight is 755 g/mol. The molecule has 0 aromatic heterocycles. The monoisotopic (exact) mass is 754 g/mol. The molecule has 0 amide bonds. The summed E-state index contributed by atoms with van der Waals surface area (Å²) in [6.45, 7) is 8.51. The largest absolute Gasteiger partial charge is 0.394 e. The summed E-state index contributed by atoms with van der Waals surface area (Å²) in [5.74, 6) is 1.89. The third-order valence-electron chi connectivity index (χ3n) is 16.0. The van der Waals surface area contributed by atoms with Crippen LogP contribution >= 0.6 is 0 Å². The molecular formula is C39H62O14. The fourth-order valence-electron chi connectivity index (χ4n) is 12.9. The molecule has 8 aliphatic rings. The molecule has 53 heavy (non-hydrogen) atoms. The molecule has 22 unspecified atom stereocenters. The van der Waals surface area contributed by atoms with Crippen LogP contribution in [0.4, 0.5) is 0 Å². The van der Waals surface area contributed by atoms with E-state index in [1.807, 2.05) is 0 Å². The smallest absolute Gasteiger partial charge is 0.187 e. The number of fused-ring (bicyclic) bond motifs is 7. The van der Waals surface area contributed by atoms with Crippen LogP contribution in [0.5, 0.6) is 0 Å². The summed E-state index contributed by atoms with van der Waals surface area (Å²) < 4.78 is 37.2. The highest BCUT2D eigenvalue weighted by Crippen LogP contribution is 2.70. The van der Waals surface area contributed by atoms with E-state index in [1.165, 1.54) is 0 Å². The van der Waals surface area contributed by atoms with Gasteiger partial charge in [0.25, 0.3) is 0 Å². The molecule has 0 bridgehead atoms. The normalized spacial score (nSPS) is 58.2. The topological polar surface area (TPSA) is 214 Å². The Morgan fingerprint density at radius 3 is 2.15 bits per heavy atom. The molecule has 8 fully saturated rings. The molecule has 4 saturated carbocycles. The predicted molar refractivity (Wildman–Crippen MR) is 183 cm³/mol. The van der Waals surface area contributed by atoms with E-state index in [1.54, 1.807) is 0 Å². The number of carbonyl (C=O) groups excluding carboxylic acids is 1. The lowest BCUT2D eigenvalue weighted by atomic mass is 9.44. The first-order valence-electron chi connectivity index (χ1n) is 20.3. The molecule has 0 aromatic rings. The number of ether oxygens (including phenoxy) is 6. The second-order valence-electron chi connectivity index (χ2n) is 18.6. The summed E-state index contributed by atoms with van der Waals surface area (Å²) in [6, 6.07) is 0. The molecular weight excluding hydrogens is 692 g/mol. The van der Waals surface area contributed by atoms with Gasteiger partial charge < -0.3 is 64.2 Å². The van der Waals surface area contributed by atoms with Crippen molar-refractivity contribution in [3.05, 3.63) is 0 Å². The Kier molecular flexibility index (Phi) is 10.5. The van der Waals surface area contributed by atoms with Gasteiger partial charge in [0.1, 0.15) is 54.6 Å². The van der Waals surface area contributed by atoms with Gasteiger partial charge in [-0.15, -0.1) is 0 Å². The van der Waals surface area contributed by atoms with E-state index < -0.39 is 85.8 Å². The summed E-state index contributed by atoms with van der Waals surface area (Å²) in [7, 11) is 0. The summed E-state index contributed by atoms with van der Waals surface area (Å²) in [5.41, 5.74) is -0.496. The lowest BCUT2D eigenvalue weighted by Crippen LogP contribution is -2.65. The van der Waals surface area contributed by atoms with Gasteiger partial charge in [-0.05, 0) is 80.0 Å². The van der Waals surface area contributed by atoms with E-state index in [4.69, 9.17) is 28.4 Å². The summed E-state index contributed by atoms with van der Waals surface area (Å²) in [5, 5.41) is 72.6. The van der Waals surface area contributed by atoms with E-state index in [2.05, 4.69) is 27.7 Å². The third-order valence-corrected chi connectivity index (χ3v) is 16.0. The summed E-state index contributed by atoms with van der Waals surface area (Å²) in [4.78, 5) is 14.5. The summed E-state index contributed by atoms with van der Waals surface area (Å²) >= 11 is 0. The van der Waals surface area contributed by atoms with Crippen molar-refractivity contribution in [1.82, 2.24) is 0 Å². The van der Waals surface area contributed by atoms with Gasteiger partial charge in [0, 0.05) is 30.1 Å². The molecule has 22 atom stereocenters. The first-order valence-corrected chi connectivity index (χ1v) is 20.3. The highest BCUT2D eigenvalue weighted by atomic mass is 16.8. The van der Waals surface area contributed by atoms with Crippen molar-refractivity contribution in [2.45, 2.75) is 165 Å². The fraction of sp³-hybridized carbons (Fsp3) is 0.974. The number of aliphatic hydroxyl groups is 7. The number of hydrogen-bond acceptors (Lipinski definition) is 14. The van der Waals surface area contributed by atoms with E-state index in [-0.39, 0.29) is 47.2 Å². The van der Waals surface area contributed by atoms with Crippen LogP contribution in [0.15, 0.2) is 0 Å². The Morgan fingerprint density at radius 2 is 1.47 bits per heavy atom. The van der Waals surface area contributed by atoms with Crippen molar-refractivity contribution in [2.24, 2.45) is 52.3 Å². The third kappa shape index (κ3) is 6.03. The Hall–Kier alpha value is -0.850. The minimum Gasteiger partial charge on any atom is -0.394 e. The minimum absolute atomic E-state index is 0.0380. The van der Waals surface area contributed by atoms with Gasteiger partial charge in [-0.3, -0.25) is 4.79 Å². The molecule has 8 rings (SSSR count). The Balaban J connectivity index is 0.959. The maximum absolute atomic E-state index is 14.5. The van der Waals surface area contributed by atoms with Crippen molar-refractivity contribution < 1.29 is 69.0 Å². The molecule has 4 aliphatic heterocycles. The van der Waals surface area contributed by atoms with Crippen LogP contribution in [-0.4, -0.2) is 141 Å². The van der Waals surface area contributed by atoms with Gasteiger partial charge in [-0.25, -0.2) is 0 Å². The molecule has 0 aromatic carbocycles. The highest BCUT2D eigenvalue weighted by Gasteiger charge is 2.72. The Bertz CT molecular complexity index is 1340. The SMILES string of the molecule is CC1CCC2(OC1)OC1CC3C4CCC5CC(OC6OC(CO)C(O)C(O)C6OC6OC(CO)C(O)C(O)C6O)CCC5(C)C4CC(=O)C3(C)C1C2C. The van der Waals surface area contributed by atoms with Crippen LogP contribution in [0.3, 0.4) is 0 Å². The zero-order valence-corrected chi connectivity index (χ0v) is 31.4. The maximum atomic E-state index is 14.5. The van der Waals surface area contributed by atoms with Crippen LogP contribution in [0.25, 0.3) is 0 Å².